The molecule has 1 aromatic heterocycles. The van der Waals surface area contributed by atoms with Crippen LogP contribution >= 0.6 is 0 Å². The molecule has 0 aromatic carbocycles. The summed E-state index contributed by atoms with van der Waals surface area (Å²) in [5, 5.41) is 17.5. The van der Waals surface area contributed by atoms with Gasteiger partial charge in [0.05, 0.1) is 0 Å². The van der Waals surface area contributed by atoms with Crippen molar-refractivity contribution in [2.45, 2.75) is 72.3 Å². The average Bonchev–Trinajstić information content (AvgIpc) is 2.88. The number of nitrogens with zero attached hydrogens (tertiary/aromatic N) is 3. The van der Waals surface area contributed by atoms with Gasteiger partial charge in [0.15, 0.2) is 5.82 Å². The first-order chi connectivity index (χ1) is 10.4. The topological polar surface area (TPSA) is 83.6 Å². The highest BCUT2D eigenvalue weighted by Gasteiger charge is 2.36. The molecule has 1 aliphatic rings. The van der Waals surface area contributed by atoms with Crippen LogP contribution in [0.15, 0.2) is 0 Å². The van der Waals surface area contributed by atoms with Gasteiger partial charge in [-0.2, -0.15) is 5.21 Å². The quantitative estimate of drug-likeness (QED) is 0.773. The molecule has 124 valence electrons. The van der Waals surface area contributed by atoms with Crippen LogP contribution in [0.25, 0.3) is 0 Å². The monoisotopic (exact) mass is 307 g/mol. The van der Waals surface area contributed by atoms with Crippen molar-refractivity contribution in [1.29, 1.82) is 0 Å². The van der Waals surface area contributed by atoms with Gasteiger partial charge in [0.1, 0.15) is 0 Å². The SMILES string of the molecule is CCC(C)(Cc1nn[nH]n1)CC1CC(NC(=O)CC(C)C)C1. The highest BCUT2D eigenvalue weighted by molar-refractivity contribution is 5.76. The summed E-state index contributed by atoms with van der Waals surface area (Å²) in [6.07, 6.45) is 5.96. The Balaban J connectivity index is 1.74. The Kier molecular flexibility index (Phi) is 5.53. The van der Waals surface area contributed by atoms with Crippen molar-refractivity contribution >= 4 is 5.91 Å². The molecule has 0 aliphatic heterocycles. The maximum atomic E-state index is 11.8. The summed E-state index contributed by atoms with van der Waals surface area (Å²) in [4.78, 5) is 11.8. The number of aromatic nitrogens is 4. The van der Waals surface area contributed by atoms with E-state index in [1.807, 2.05) is 0 Å². The van der Waals surface area contributed by atoms with Crippen molar-refractivity contribution in [2.24, 2.45) is 17.3 Å². The Morgan fingerprint density at radius 3 is 2.73 bits per heavy atom. The molecule has 6 nitrogen and oxygen atoms in total. The first-order valence-electron chi connectivity index (χ1n) is 8.42. The van der Waals surface area contributed by atoms with Crippen LogP contribution in [0.4, 0.5) is 0 Å². The molecule has 1 saturated carbocycles. The van der Waals surface area contributed by atoms with Gasteiger partial charge in [0.2, 0.25) is 5.91 Å². The van der Waals surface area contributed by atoms with Gasteiger partial charge >= 0.3 is 0 Å². The molecule has 1 amide bonds. The van der Waals surface area contributed by atoms with Crippen molar-refractivity contribution < 1.29 is 4.79 Å². The lowest BCUT2D eigenvalue weighted by Crippen LogP contribution is -2.45. The Morgan fingerprint density at radius 1 is 1.45 bits per heavy atom. The van der Waals surface area contributed by atoms with Crippen LogP contribution in [0.5, 0.6) is 0 Å². The lowest BCUT2D eigenvalue weighted by molar-refractivity contribution is -0.123. The summed E-state index contributed by atoms with van der Waals surface area (Å²) in [7, 11) is 0. The number of H-pyrrole nitrogens is 1. The molecule has 0 radical (unpaired) electrons. The van der Waals surface area contributed by atoms with Crippen molar-refractivity contribution in [3.63, 3.8) is 0 Å². The Labute approximate surface area is 132 Å². The predicted octanol–water partition coefficient (Wildman–Crippen LogP) is 2.49. The van der Waals surface area contributed by atoms with Gasteiger partial charge in [0, 0.05) is 18.9 Å². The molecule has 6 heteroatoms. The fourth-order valence-electron chi connectivity index (χ4n) is 3.36. The Morgan fingerprint density at radius 2 is 2.18 bits per heavy atom. The van der Waals surface area contributed by atoms with E-state index in [1.165, 1.54) is 0 Å². The van der Waals surface area contributed by atoms with Crippen LogP contribution in [0.1, 0.15) is 65.6 Å². The van der Waals surface area contributed by atoms with E-state index in [4.69, 9.17) is 0 Å². The number of hydrogen-bond donors (Lipinski definition) is 2. The number of aromatic amines is 1. The van der Waals surface area contributed by atoms with Crippen LogP contribution in [-0.4, -0.2) is 32.6 Å². The van der Waals surface area contributed by atoms with Gasteiger partial charge in [-0.1, -0.05) is 39.3 Å². The average molecular weight is 307 g/mol. The summed E-state index contributed by atoms with van der Waals surface area (Å²) in [5.41, 5.74) is 0.210. The van der Waals surface area contributed by atoms with Gasteiger partial charge in [-0.15, -0.1) is 10.2 Å². The third-order valence-corrected chi connectivity index (χ3v) is 4.80. The van der Waals surface area contributed by atoms with Crippen LogP contribution in [0.2, 0.25) is 0 Å². The van der Waals surface area contributed by atoms with E-state index >= 15 is 0 Å². The first kappa shape index (κ1) is 16.9. The fraction of sp³-hybridized carbons (Fsp3) is 0.875. The lowest BCUT2D eigenvalue weighted by atomic mass is 9.68. The molecular weight excluding hydrogens is 278 g/mol. The summed E-state index contributed by atoms with van der Waals surface area (Å²) in [6, 6.07) is 0.377. The summed E-state index contributed by atoms with van der Waals surface area (Å²) >= 11 is 0. The number of carbonyl (C=O) groups excluding carboxylic acids is 1. The van der Waals surface area contributed by atoms with E-state index < -0.39 is 0 Å². The highest BCUT2D eigenvalue weighted by atomic mass is 16.1. The minimum Gasteiger partial charge on any atom is -0.353 e. The second-order valence-corrected chi connectivity index (χ2v) is 7.57. The Bertz CT molecular complexity index is 467. The first-order valence-corrected chi connectivity index (χ1v) is 8.42. The van der Waals surface area contributed by atoms with E-state index in [-0.39, 0.29) is 11.3 Å². The molecule has 1 aromatic rings. The summed E-state index contributed by atoms with van der Waals surface area (Å²) < 4.78 is 0. The zero-order valence-corrected chi connectivity index (χ0v) is 14.2. The number of carbonyl (C=O) groups is 1. The third-order valence-electron chi connectivity index (χ3n) is 4.80. The van der Waals surface area contributed by atoms with E-state index in [0.717, 1.165) is 37.9 Å². The molecule has 0 bridgehead atoms. The fourth-order valence-corrected chi connectivity index (χ4v) is 3.36. The normalized spacial score (nSPS) is 23.9. The molecule has 2 rings (SSSR count). The molecule has 0 saturated heterocycles. The number of tetrazole rings is 1. The maximum Gasteiger partial charge on any atom is 0.220 e. The molecule has 0 spiro atoms. The zero-order chi connectivity index (χ0) is 16.2. The van der Waals surface area contributed by atoms with Crippen molar-refractivity contribution in [3.05, 3.63) is 5.82 Å². The second kappa shape index (κ2) is 7.20. The molecule has 1 aliphatic carbocycles. The number of amides is 1. The standard InChI is InChI=1S/C16H29N5O/c1-5-16(4,10-14-18-20-21-19-14)9-12-7-13(8-12)17-15(22)6-11(2)3/h11-13H,5-10H2,1-4H3,(H,17,22)(H,18,19,20,21). The van der Waals surface area contributed by atoms with Crippen LogP contribution < -0.4 is 5.32 Å². The van der Waals surface area contributed by atoms with Crippen molar-refractivity contribution in [3.8, 4) is 0 Å². The van der Waals surface area contributed by atoms with Gasteiger partial charge in [-0.05, 0) is 36.5 Å². The predicted molar refractivity (Wildman–Crippen MR) is 85.0 cm³/mol. The van der Waals surface area contributed by atoms with Gasteiger partial charge in [-0.25, -0.2) is 0 Å². The molecule has 2 N–H and O–H groups in total. The second-order valence-electron chi connectivity index (χ2n) is 7.57. The number of hydrogen-bond acceptors (Lipinski definition) is 4. The van der Waals surface area contributed by atoms with E-state index in [2.05, 4.69) is 53.6 Å². The third kappa shape index (κ3) is 4.78. The highest BCUT2D eigenvalue weighted by Crippen LogP contribution is 2.41. The molecule has 22 heavy (non-hydrogen) atoms. The number of nitrogens with one attached hydrogen (secondary N) is 2. The summed E-state index contributed by atoms with van der Waals surface area (Å²) in [6.45, 7) is 8.68. The number of rotatable bonds is 8. The molecule has 1 unspecified atom stereocenters. The van der Waals surface area contributed by atoms with Gasteiger partial charge < -0.3 is 5.32 Å². The van der Waals surface area contributed by atoms with Crippen molar-refractivity contribution in [2.75, 3.05) is 0 Å². The molecule has 1 atom stereocenters. The molecule has 1 heterocycles. The smallest absolute Gasteiger partial charge is 0.220 e. The molecule has 1 fully saturated rings. The minimum atomic E-state index is 0.198. The van der Waals surface area contributed by atoms with Crippen molar-refractivity contribution in [1.82, 2.24) is 25.9 Å². The lowest BCUT2D eigenvalue weighted by Gasteiger charge is -2.41. The molecular formula is C16H29N5O. The van der Waals surface area contributed by atoms with Crippen LogP contribution in [-0.2, 0) is 11.2 Å². The maximum absolute atomic E-state index is 11.8. The van der Waals surface area contributed by atoms with E-state index in [9.17, 15) is 4.79 Å². The van der Waals surface area contributed by atoms with Crippen LogP contribution in [0.3, 0.4) is 0 Å². The zero-order valence-electron chi connectivity index (χ0n) is 14.2. The van der Waals surface area contributed by atoms with Crippen LogP contribution in [0, 0.1) is 17.3 Å². The Hall–Kier alpha value is -1.46. The van der Waals surface area contributed by atoms with E-state index in [1.54, 1.807) is 0 Å². The van der Waals surface area contributed by atoms with Gasteiger partial charge in [-0.3, -0.25) is 4.79 Å². The summed E-state index contributed by atoms with van der Waals surface area (Å²) in [5.74, 6) is 2.12. The minimum absolute atomic E-state index is 0.198. The van der Waals surface area contributed by atoms with Gasteiger partial charge in [0.25, 0.3) is 0 Å². The van der Waals surface area contributed by atoms with E-state index in [0.29, 0.717) is 24.3 Å². The largest absolute Gasteiger partial charge is 0.353 e.